The number of thiophene rings is 1. The highest BCUT2D eigenvalue weighted by atomic mass is 79.9. The van der Waals surface area contributed by atoms with Crippen molar-refractivity contribution in [1.82, 2.24) is 0 Å². The van der Waals surface area contributed by atoms with Gasteiger partial charge in [-0.2, -0.15) is 0 Å². The normalized spacial score (nSPS) is 10.5. The lowest BCUT2D eigenvalue weighted by atomic mass is 10.2. The predicted octanol–water partition coefficient (Wildman–Crippen LogP) is 4.53. The number of hydrogen-bond donors (Lipinski definition) is 0. The molecule has 0 aliphatic rings. The number of carbonyl (C=O) groups excluding carboxylic acids is 1. The number of aryl methyl sites for hydroxylation is 2. The molecule has 2 nitrogen and oxygen atoms in total. The number of rotatable bonds is 4. The molecule has 0 fully saturated rings. The van der Waals surface area contributed by atoms with Crippen molar-refractivity contribution in [2.75, 3.05) is 6.61 Å². The summed E-state index contributed by atoms with van der Waals surface area (Å²) in [7, 11) is 0. The Labute approximate surface area is 123 Å². The van der Waals surface area contributed by atoms with E-state index in [1.54, 1.807) is 17.4 Å². The van der Waals surface area contributed by atoms with Gasteiger partial charge in [0.05, 0.1) is 0 Å². The molecule has 0 saturated carbocycles. The molecule has 5 heteroatoms. The first-order chi connectivity index (χ1) is 8.95. The number of carbonyl (C=O) groups is 1. The number of hydrogen-bond acceptors (Lipinski definition) is 3. The van der Waals surface area contributed by atoms with Crippen LogP contribution in [0.3, 0.4) is 0 Å². The van der Waals surface area contributed by atoms with Gasteiger partial charge in [0.25, 0.3) is 0 Å². The van der Waals surface area contributed by atoms with Crippen molar-refractivity contribution in [2.24, 2.45) is 0 Å². The number of ketones is 1. The first kappa shape index (κ1) is 14.2. The van der Waals surface area contributed by atoms with Gasteiger partial charge in [-0.15, -0.1) is 11.3 Å². The zero-order chi connectivity index (χ0) is 14.0. The van der Waals surface area contributed by atoms with Gasteiger partial charge in [-0.1, -0.05) is 15.9 Å². The molecule has 1 heterocycles. The summed E-state index contributed by atoms with van der Waals surface area (Å²) < 4.78 is 19.1. The van der Waals surface area contributed by atoms with Crippen molar-refractivity contribution >= 4 is 33.0 Å². The molecule has 0 amide bonds. The zero-order valence-corrected chi connectivity index (χ0v) is 12.9. The van der Waals surface area contributed by atoms with E-state index in [2.05, 4.69) is 15.9 Å². The fourth-order valence-corrected chi connectivity index (χ4v) is 3.13. The summed E-state index contributed by atoms with van der Waals surface area (Å²) in [6, 6.07) is 6.07. The van der Waals surface area contributed by atoms with E-state index in [0.717, 1.165) is 9.75 Å². The van der Waals surface area contributed by atoms with Crippen LogP contribution in [-0.4, -0.2) is 12.4 Å². The van der Waals surface area contributed by atoms with Gasteiger partial charge in [0, 0.05) is 25.9 Å². The third-order valence-corrected chi connectivity index (χ3v) is 3.97. The first-order valence-corrected chi connectivity index (χ1v) is 7.26. The van der Waals surface area contributed by atoms with E-state index in [0.29, 0.717) is 15.8 Å². The van der Waals surface area contributed by atoms with E-state index in [9.17, 15) is 9.18 Å². The van der Waals surface area contributed by atoms with Crippen molar-refractivity contribution in [3.05, 3.63) is 49.9 Å². The van der Waals surface area contributed by atoms with Crippen LogP contribution in [0.25, 0.3) is 0 Å². The van der Waals surface area contributed by atoms with Crippen LogP contribution in [0, 0.1) is 19.7 Å². The molecule has 0 unspecified atom stereocenters. The Balaban J connectivity index is 2.06. The Morgan fingerprint density at radius 3 is 2.63 bits per heavy atom. The SMILES string of the molecule is Cc1cc(C(=O)COc2cc(F)cc(Br)c2)c(C)s1. The van der Waals surface area contributed by atoms with E-state index in [1.807, 2.05) is 19.9 Å². The second-order valence-corrected chi connectivity index (χ2v) is 6.52. The van der Waals surface area contributed by atoms with Crippen LogP contribution in [0.4, 0.5) is 4.39 Å². The first-order valence-electron chi connectivity index (χ1n) is 5.65. The summed E-state index contributed by atoms with van der Waals surface area (Å²) in [5.74, 6) is -0.161. The minimum Gasteiger partial charge on any atom is -0.485 e. The molecule has 2 aromatic rings. The molecule has 0 spiro atoms. The lowest BCUT2D eigenvalue weighted by Crippen LogP contribution is -2.11. The van der Waals surface area contributed by atoms with E-state index < -0.39 is 5.82 Å². The van der Waals surface area contributed by atoms with Gasteiger partial charge in [-0.25, -0.2) is 4.39 Å². The Morgan fingerprint density at radius 1 is 1.32 bits per heavy atom. The molecule has 19 heavy (non-hydrogen) atoms. The Kier molecular flexibility index (Phi) is 4.37. The van der Waals surface area contributed by atoms with Crippen molar-refractivity contribution in [1.29, 1.82) is 0 Å². The van der Waals surface area contributed by atoms with Gasteiger partial charge in [-0.05, 0) is 32.0 Å². The third kappa shape index (κ3) is 3.64. The molecule has 0 aliphatic heterocycles. The van der Waals surface area contributed by atoms with Crippen LogP contribution >= 0.6 is 27.3 Å². The Morgan fingerprint density at radius 2 is 2.05 bits per heavy atom. The monoisotopic (exact) mass is 342 g/mol. The number of halogens is 2. The van der Waals surface area contributed by atoms with Crippen molar-refractivity contribution in [2.45, 2.75) is 13.8 Å². The third-order valence-electron chi connectivity index (χ3n) is 2.55. The Hall–Kier alpha value is -1.20. The fourth-order valence-electron chi connectivity index (χ4n) is 1.75. The number of ether oxygens (including phenoxy) is 1. The van der Waals surface area contributed by atoms with Gasteiger partial charge >= 0.3 is 0 Å². The summed E-state index contributed by atoms with van der Waals surface area (Å²) >= 11 is 4.76. The average molecular weight is 343 g/mol. The van der Waals surface area contributed by atoms with E-state index >= 15 is 0 Å². The maximum Gasteiger partial charge on any atom is 0.201 e. The lowest BCUT2D eigenvalue weighted by Gasteiger charge is -2.06. The second-order valence-electron chi connectivity index (χ2n) is 4.14. The largest absolute Gasteiger partial charge is 0.485 e. The Bertz CT molecular complexity index is 602. The number of Topliss-reactive ketones (excluding diaryl/α,β-unsaturated/α-hetero) is 1. The minimum absolute atomic E-state index is 0.0904. The summed E-state index contributed by atoms with van der Waals surface area (Å²) in [6.45, 7) is 3.77. The molecular weight excluding hydrogens is 331 g/mol. The van der Waals surface area contributed by atoms with Gasteiger partial charge in [0.1, 0.15) is 11.6 Å². The van der Waals surface area contributed by atoms with Crippen LogP contribution < -0.4 is 4.74 Å². The van der Waals surface area contributed by atoms with Crippen LogP contribution in [0.1, 0.15) is 20.1 Å². The zero-order valence-electron chi connectivity index (χ0n) is 10.5. The van der Waals surface area contributed by atoms with Crippen molar-refractivity contribution in [3.8, 4) is 5.75 Å². The fraction of sp³-hybridized carbons (Fsp3) is 0.214. The summed E-state index contributed by atoms with van der Waals surface area (Å²) in [5, 5.41) is 0. The molecule has 0 aliphatic carbocycles. The highest BCUT2D eigenvalue weighted by molar-refractivity contribution is 9.10. The summed E-state index contributed by atoms with van der Waals surface area (Å²) in [5.41, 5.74) is 0.679. The molecule has 0 atom stereocenters. The molecule has 2 rings (SSSR count). The van der Waals surface area contributed by atoms with Gasteiger partial charge in [0.2, 0.25) is 5.78 Å². The van der Waals surface area contributed by atoms with Crippen molar-refractivity contribution in [3.63, 3.8) is 0 Å². The lowest BCUT2D eigenvalue weighted by molar-refractivity contribution is 0.0921. The quantitative estimate of drug-likeness (QED) is 0.763. The van der Waals surface area contributed by atoms with E-state index in [4.69, 9.17) is 4.74 Å². The molecule has 0 radical (unpaired) electrons. The van der Waals surface area contributed by atoms with Gasteiger partial charge in [-0.3, -0.25) is 4.79 Å². The highest BCUT2D eigenvalue weighted by Gasteiger charge is 2.13. The topological polar surface area (TPSA) is 26.3 Å². The standard InChI is InChI=1S/C14H12BrFO2S/c1-8-3-13(9(2)19-8)14(17)7-18-12-5-10(15)4-11(16)6-12/h3-6H,7H2,1-2H3. The molecule has 100 valence electrons. The van der Waals surface area contributed by atoms with E-state index in [-0.39, 0.29) is 12.4 Å². The molecule has 0 bridgehead atoms. The van der Waals surface area contributed by atoms with Crippen molar-refractivity contribution < 1.29 is 13.9 Å². The second kappa shape index (κ2) is 5.84. The van der Waals surface area contributed by atoms with Gasteiger partial charge < -0.3 is 4.74 Å². The molecule has 0 saturated heterocycles. The molecule has 1 aromatic heterocycles. The number of benzene rings is 1. The maximum atomic E-state index is 13.1. The highest BCUT2D eigenvalue weighted by Crippen LogP contribution is 2.23. The van der Waals surface area contributed by atoms with Crippen LogP contribution in [0.5, 0.6) is 5.75 Å². The molecular formula is C14H12BrFO2S. The minimum atomic E-state index is -0.403. The van der Waals surface area contributed by atoms with Crippen LogP contribution in [0.15, 0.2) is 28.7 Å². The summed E-state index contributed by atoms with van der Waals surface area (Å²) in [4.78, 5) is 14.1. The smallest absolute Gasteiger partial charge is 0.201 e. The summed E-state index contributed by atoms with van der Waals surface area (Å²) in [6.07, 6.45) is 0. The average Bonchev–Trinajstić information content (AvgIpc) is 2.64. The molecule has 1 aromatic carbocycles. The van der Waals surface area contributed by atoms with Gasteiger partial charge in [0.15, 0.2) is 6.61 Å². The predicted molar refractivity (Wildman–Crippen MR) is 77.7 cm³/mol. The van der Waals surface area contributed by atoms with E-state index in [1.165, 1.54) is 12.1 Å². The maximum absolute atomic E-state index is 13.1. The van der Waals surface area contributed by atoms with Crippen LogP contribution in [-0.2, 0) is 0 Å². The van der Waals surface area contributed by atoms with Crippen LogP contribution in [0.2, 0.25) is 0 Å². The molecule has 0 N–H and O–H groups in total.